The van der Waals surface area contributed by atoms with Crippen LogP contribution in [-0.2, 0) is 6.54 Å². The Morgan fingerprint density at radius 1 is 1.22 bits per heavy atom. The first-order valence-corrected chi connectivity index (χ1v) is 5.98. The molecule has 0 spiro atoms. The zero-order valence-corrected chi connectivity index (χ0v) is 11.3. The maximum Gasteiger partial charge on any atom is 0.127 e. The zero-order valence-electron chi connectivity index (χ0n) is 11.3. The Morgan fingerprint density at radius 2 is 1.89 bits per heavy atom. The van der Waals surface area contributed by atoms with Crippen LogP contribution < -0.4 is 10.5 Å². The molecule has 4 nitrogen and oxygen atoms in total. The summed E-state index contributed by atoms with van der Waals surface area (Å²) in [4.78, 5) is 0. The summed E-state index contributed by atoms with van der Waals surface area (Å²) < 4.78 is 5.48. The first-order valence-electron chi connectivity index (χ1n) is 5.98. The normalized spacial score (nSPS) is 10.7. The molecule has 0 amide bonds. The van der Waals surface area contributed by atoms with Crippen LogP contribution in [0.15, 0.2) is 12.1 Å². The number of benzene rings is 1. The molecule has 0 saturated heterocycles. The molecule has 0 radical (unpaired) electrons. The van der Waals surface area contributed by atoms with Crippen molar-refractivity contribution in [2.24, 2.45) is 5.73 Å². The molecule has 1 aromatic carbocycles. The molecule has 1 heterocycles. The van der Waals surface area contributed by atoms with E-state index in [0.29, 0.717) is 6.54 Å². The van der Waals surface area contributed by atoms with Gasteiger partial charge in [-0.2, -0.15) is 5.10 Å². The van der Waals surface area contributed by atoms with Gasteiger partial charge in [0.15, 0.2) is 0 Å². The molecule has 1 aromatic heterocycles. The van der Waals surface area contributed by atoms with Gasteiger partial charge in [0.25, 0.3) is 0 Å². The van der Waals surface area contributed by atoms with Crippen LogP contribution in [-0.4, -0.2) is 17.3 Å². The minimum Gasteiger partial charge on any atom is -0.496 e. The molecule has 0 fully saturated rings. The van der Waals surface area contributed by atoms with E-state index in [9.17, 15) is 0 Å². The predicted molar refractivity (Wildman–Crippen MR) is 72.7 cm³/mol. The van der Waals surface area contributed by atoms with E-state index < -0.39 is 0 Å². The molecule has 0 aliphatic rings. The average Bonchev–Trinajstić information content (AvgIpc) is 2.73. The van der Waals surface area contributed by atoms with Crippen molar-refractivity contribution in [2.75, 3.05) is 7.11 Å². The second kappa shape index (κ2) is 4.82. The molecule has 2 aromatic rings. The second-order valence-corrected chi connectivity index (χ2v) is 4.51. The largest absolute Gasteiger partial charge is 0.496 e. The standard InChI is InChI=1S/C14H19N3O/c1-8-5-11(13(18-4)6-9(8)2)14-10(3)16-17-12(14)7-15/h5-6H,7,15H2,1-4H3,(H,16,17). The van der Waals surface area contributed by atoms with Crippen molar-refractivity contribution < 1.29 is 4.74 Å². The van der Waals surface area contributed by atoms with Gasteiger partial charge >= 0.3 is 0 Å². The molecule has 4 heteroatoms. The van der Waals surface area contributed by atoms with Crippen LogP contribution >= 0.6 is 0 Å². The summed E-state index contributed by atoms with van der Waals surface area (Å²) >= 11 is 0. The summed E-state index contributed by atoms with van der Waals surface area (Å²) in [5.74, 6) is 0.859. The summed E-state index contributed by atoms with van der Waals surface area (Å²) in [6.45, 7) is 6.58. The quantitative estimate of drug-likeness (QED) is 0.873. The fourth-order valence-corrected chi connectivity index (χ4v) is 2.14. The Morgan fingerprint density at radius 3 is 2.50 bits per heavy atom. The Labute approximate surface area is 107 Å². The molecular formula is C14H19N3O. The van der Waals surface area contributed by atoms with E-state index in [4.69, 9.17) is 10.5 Å². The first-order chi connectivity index (χ1) is 8.58. The number of H-pyrrole nitrogens is 1. The Bertz CT molecular complexity index is 573. The number of aryl methyl sites for hydroxylation is 3. The number of methoxy groups -OCH3 is 1. The molecule has 3 N–H and O–H groups in total. The van der Waals surface area contributed by atoms with Gasteiger partial charge in [0.2, 0.25) is 0 Å². The number of hydrogen-bond donors (Lipinski definition) is 2. The number of nitrogens with one attached hydrogen (secondary N) is 1. The van der Waals surface area contributed by atoms with E-state index in [1.807, 2.05) is 6.92 Å². The molecule has 0 unspecified atom stereocenters. The van der Waals surface area contributed by atoms with Gasteiger partial charge in [-0.25, -0.2) is 0 Å². The summed E-state index contributed by atoms with van der Waals surface area (Å²) in [7, 11) is 1.69. The van der Waals surface area contributed by atoms with Crippen LogP contribution in [0.25, 0.3) is 11.1 Å². The van der Waals surface area contributed by atoms with Gasteiger partial charge in [0, 0.05) is 23.4 Å². The van der Waals surface area contributed by atoms with Gasteiger partial charge < -0.3 is 10.5 Å². The minimum absolute atomic E-state index is 0.412. The van der Waals surface area contributed by atoms with Gasteiger partial charge in [0.05, 0.1) is 12.8 Å². The molecule has 0 saturated carbocycles. The maximum atomic E-state index is 5.74. The van der Waals surface area contributed by atoms with Crippen molar-refractivity contribution in [2.45, 2.75) is 27.3 Å². The van der Waals surface area contributed by atoms with Crippen LogP contribution in [0.5, 0.6) is 5.75 Å². The van der Waals surface area contributed by atoms with E-state index in [1.165, 1.54) is 11.1 Å². The van der Waals surface area contributed by atoms with E-state index in [-0.39, 0.29) is 0 Å². The number of nitrogens with two attached hydrogens (primary N) is 1. The lowest BCUT2D eigenvalue weighted by molar-refractivity contribution is 0.416. The van der Waals surface area contributed by atoms with Crippen LogP contribution in [0.1, 0.15) is 22.5 Å². The number of aromatic nitrogens is 2. The van der Waals surface area contributed by atoms with Gasteiger partial charge in [-0.1, -0.05) is 0 Å². The molecule has 96 valence electrons. The van der Waals surface area contributed by atoms with E-state index in [2.05, 4.69) is 36.2 Å². The Balaban J connectivity index is 2.69. The highest BCUT2D eigenvalue weighted by Crippen LogP contribution is 2.35. The summed E-state index contributed by atoms with van der Waals surface area (Å²) in [6, 6.07) is 4.18. The van der Waals surface area contributed by atoms with Gasteiger partial charge in [-0.3, -0.25) is 5.10 Å². The number of ether oxygens (including phenoxy) is 1. The summed E-state index contributed by atoms with van der Waals surface area (Å²) in [5, 5.41) is 7.22. The second-order valence-electron chi connectivity index (χ2n) is 4.51. The molecule has 0 bridgehead atoms. The Hall–Kier alpha value is -1.81. The van der Waals surface area contributed by atoms with Crippen molar-refractivity contribution in [3.8, 4) is 16.9 Å². The molecule has 0 aliphatic carbocycles. The third kappa shape index (κ3) is 1.99. The van der Waals surface area contributed by atoms with Crippen molar-refractivity contribution in [1.82, 2.24) is 10.2 Å². The van der Waals surface area contributed by atoms with Crippen LogP contribution in [0.3, 0.4) is 0 Å². The minimum atomic E-state index is 0.412. The van der Waals surface area contributed by atoms with Crippen molar-refractivity contribution in [1.29, 1.82) is 0 Å². The fourth-order valence-electron chi connectivity index (χ4n) is 2.14. The van der Waals surface area contributed by atoms with Gasteiger partial charge in [-0.05, 0) is 44.0 Å². The first kappa shape index (κ1) is 12.6. The average molecular weight is 245 g/mol. The van der Waals surface area contributed by atoms with Crippen LogP contribution in [0, 0.1) is 20.8 Å². The topological polar surface area (TPSA) is 63.9 Å². The maximum absolute atomic E-state index is 5.74. The number of hydrogen-bond acceptors (Lipinski definition) is 3. The summed E-state index contributed by atoms with van der Waals surface area (Å²) in [5.41, 5.74) is 12.2. The van der Waals surface area contributed by atoms with Crippen LogP contribution in [0.4, 0.5) is 0 Å². The van der Waals surface area contributed by atoms with Crippen molar-refractivity contribution in [3.63, 3.8) is 0 Å². The van der Waals surface area contributed by atoms with Crippen molar-refractivity contribution in [3.05, 3.63) is 34.6 Å². The monoisotopic (exact) mass is 245 g/mol. The van der Waals surface area contributed by atoms with E-state index in [0.717, 1.165) is 28.3 Å². The number of nitrogens with zero attached hydrogens (tertiary/aromatic N) is 1. The van der Waals surface area contributed by atoms with E-state index in [1.54, 1.807) is 7.11 Å². The highest BCUT2D eigenvalue weighted by atomic mass is 16.5. The molecule has 0 atom stereocenters. The zero-order chi connectivity index (χ0) is 13.3. The van der Waals surface area contributed by atoms with E-state index >= 15 is 0 Å². The highest BCUT2D eigenvalue weighted by molar-refractivity contribution is 5.75. The summed E-state index contributed by atoms with van der Waals surface area (Å²) in [6.07, 6.45) is 0. The third-order valence-electron chi connectivity index (χ3n) is 3.30. The van der Waals surface area contributed by atoms with Gasteiger partial charge in [-0.15, -0.1) is 0 Å². The smallest absolute Gasteiger partial charge is 0.127 e. The lowest BCUT2D eigenvalue weighted by Gasteiger charge is -2.12. The molecular weight excluding hydrogens is 226 g/mol. The SMILES string of the molecule is COc1cc(C)c(C)cc1-c1c(CN)n[nH]c1C. The number of rotatable bonds is 3. The predicted octanol–water partition coefficient (Wildman–Crippen LogP) is 2.47. The fraction of sp³-hybridized carbons (Fsp3) is 0.357. The molecule has 2 rings (SSSR count). The van der Waals surface area contributed by atoms with Gasteiger partial charge in [0.1, 0.15) is 5.75 Å². The number of aromatic amines is 1. The highest BCUT2D eigenvalue weighted by Gasteiger charge is 2.16. The lowest BCUT2D eigenvalue weighted by Crippen LogP contribution is -2.00. The Kier molecular flexibility index (Phi) is 3.39. The van der Waals surface area contributed by atoms with Crippen LogP contribution in [0.2, 0.25) is 0 Å². The lowest BCUT2D eigenvalue weighted by atomic mass is 9.97. The third-order valence-corrected chi connectivity index (χ3v) is 3.30. The molecule has 18 heavy (non-hydrogen) atoms. The molecule has 0 aliphatic heterocycles. The van der Waals surface area contributed by atoms with Crippen molar-refractivity contribution >= 4 is 0 Å².